The molecule has 2 rings (SSSR count). The maximum atomic E-state index is 5.52. The Bertz CT molecular complexity index is 291. The molecule has 0 fully saturated rings. The van der Waals surface area contributed by atoms with Crippen LogP contribution in [0.2, 0.25) is 0 Å². The van der Waals surface area contributed by atoms with Gasteiger partial charge >= 0.3 is 0 Å². The van der Waals surface area contributed by atoms with Crippen LogP contribution in [0, 0.1) is 0 Å². The van der Waals surface area contributed by atoms with Gasteiger partial charge in [0.15, 0.2) is 0 Å². The van der Waals surface area contributed by atoms with Crippen molar-refractivity contribution in [2.45, 2.75) is 0 Å². The molecule has 0 amide bonds. The van der Waals surface area contributed by atoms with Gasteiger partial charge < -0.3 is 5.73 Å². The molecule has 1 heterocycles. The largest absolute Gasteiger partial charge is 0.399 e. The summed E-state index contributed by atoms with van der Waals surface area (Å²) in [6.07, 6.45) is 1.72. The Morgan fingerprint density at radius 2 is 2.20 bits per heavy atom. The summed E-state index contributed by atoms with van der Waals surface area (Å²) in [5, 5.41) is 3.74. The van der Waals surface area contributed by atoms with Crippen LogP contribution in [0.1, 0.15) is 5.56 Å². The van der Waals surface area contributed by atoms with Gasteiger partial charge in [-0.05, 0) is 18.2 Å². The first kappa shape index (κ1) is 5.29. The van der Waals surface area contributed by atoms with Gasteiger partial charge in [0.25, 0.3) is 0 Å². The van der Waals surface area contributed by atoms with E-state index in [1.165, 1.54) is 0 Å². The van der Waals surface area contributed by atoms with Crippen LogP contribution in [-0.4, -0.2) is 6.21 Å². The van der Waals surface area contributed by atoms with Gasteiger partial charge in [-0.1, -0.05) is 0 Å². The highest BCUT2D eigenvalue weighted by molar-refractivity contribution is 5.90. The molecule has 1 aromatic carbocycles. The van der Waals surface area contributed by atoms with E-state index in [1.807, 2.05) is 18.2 Å². The summed E-state index contributed by atoms with van der Waals surface area (Å²) in [5.74, 6) is 0. The van der Waals surface area contributed by atoms with E-state index in [0.717, 1.165) is 16.9 Å². The molecule has 0 saturated heterocycles. The molecule has 0 atom stereocenters. The first-order chi connectivity index (χ1) is 4.86. The van der Waals surface area contributed by atoms with E-state index >= 15 is 0 Å². The third-order valence-electron chi connectivity index (χ3n) is 1.42. The zero-order valence-corrected chi connectivity index (χ0v) is 5.28. The third kappa shape index (κ3) is 0.639. The van der Waals surface area contributed by atoms with Crippen molar-refractivity contribution in [3.63, 3.8) is 0 Å². The second kappa shape index (κ2) is 1.73. The topological polar surface area (TPSA) is 52.5 Å². The zero-order chi connectivity index (χ0) is 6.97. The number of anilines is 1. The fourth-order valence-corrected chi connectivity index (χ4v) is 0.910. The van der Waals surface area contributed by atoms with Gasteiger partial charge in [0.05, 0.1) is 11.9 Å². The Hall–Kier alpha value is -1.51. The zero-order valence-electron chi connectivity index (χ0n) is 5.28. The Balaban J connectivity index is 2.59. The normalized spacial score (nSPS) is 12.8. The van der Waals surface area contributed by atoms with Crippen molar-refractivity contribution in [3.05, 3.63) is 23.8 Å². The van der Waals surface area contributed by atoms with Gasteiger partial charge in [0, 0.05) is 11.3 Å². The quantitative estimate of drug-likeness (QED) is 0.523. The van der Waals surface area contributed by atoms with Crippen LogP contribution in [0.3, 0.4) is 0 Å². The van der Waals surface area contributed by atoms with Gasteiger partial charge in [0.1, 0.15) is 0 Å². The minimum Gasteiger partial charge on any atom is -0.399 e. The molecule has 10 heavy (non-hydrogen) atoms. The molecule has 1 aliphatic heterocycles. The molecule has 3 heteroatoms. The fourth-order valence-electron chi connectivity index (χ4n) is 0.910. The van der Waals surface area contributed by atoms with Crippen LogP contribution in [0.15, 0.2) is 23.3 Å². The summed E-state index contributed by atoms with van der Waals surface area (Å²) in [7, 11) is 0. The molecule has 0 spiro atoms. The summed E-state index contributed by atoms with van der Waals surface area (Å²) < 4.78 is 0. The Labute approximate surface area is 58.5 Å². The predicted octanol–water partition coefficient (Wildman–Crippen LogP) is 0.852. The van der Waals surface area contributed by atoms with E-state index in [2.05, 4.69) is 10.5 Å². The molecular weight excluding hydrogens is 126 g/mol. The summed E-state index contributed by atoms with van der Waals surface area (Å²) in [6.45, 7) is 0. The van der Waals surface area contributed by atoms with Crippen LogP contribution in [0.5, 0.6) is 0 Å². The number of rotatable bonds is 0. The van der Waals surface area contributed by atoms with Crippen molar-refractivity contribution >= 4 is 17.6 Å². The van der Waals surface area contributed by atoms with Crippen molar-refractivity contribution in [1.29, 1.82) is 0 Å². The van der Waals surface area contributed by atoms with Crippen LogP contribution in [0.25, 0.3) is 0 Å². The van der Waals surface area contributed by atoms with Gasteiger partial charge in [-0.3, -0.25) is 0 Å². The summed E-state index contributed by atoms with van der Waals surface area (Å²) in [5.41, 5.74) is 12.0. The summed E-state index contributed by atoms with van der Waals surface area (Å²) in [6, 6.07) is 5.55. The number of benzene rings is 1. The Morgan fingerprint density at radius 1 is 1.30 bits per heavy atom. The van der Waals surface area contributed by atoms with Crippen LogP contribution in [0.4, 0.5) is 11.4 Å². The van der Waals surface area contributed by atoms with E-state index in [-0.39, 0.29) is 0 Å². The van der Waals surface area contributed by atoms with E-state index in [4.69, 9.17) is 5.73 Å². The molecule has 3 nitrogen and oxygen atoms in total. The summed E-state index contributed by atoms with van der Waals surface area (Å²) in [4.78, 5) is 0. The number of nitrogen functional groups attached to an aromatic ring is 1. The van der Waals surface area contributed by atoms with Crippen LogP contribution in [-0.2, 0) is 0 Å². The first-order valence-corrected chi connectivity index (χ1v) is 3.00. The van der Waals surface area contributed by atoms with Gasteiger partial charge in [-0.2, -0.15) is 10.5 Å². The van der Waals surface area contributed by atoms with Gasteiger partial charge in [-0.25, -0.2) is 0 Å². The second-order valence-electron chi connectivity index (χ2n) is 2.16. The van der Waals surface area contributed by atoms with Gasteiger partial charge in [-0.15, -0.1) is 0 Å². The van der Waals surface area contributed by atoms with Crippen molar-refractivity contribution in [1.82, 2.24) is 5.43 Å². The monoisotopic (exact) mass is 132 g/mol. The van der Waals surface area contributed by atoms with Crippen LogP contribution >= 0.6 is 0 Å². The lowest BCUT2D eigenvalue weighted by molar-refractivity contribution is 0.992. The lowest BCUT2D eigenvalue weighted by Gasteiger charge is -1.95. The van der Waals surface area contributed by atoms with Crippen molar-refractivity contribution < 1.29 is 0 Å². The highest BCUT2D eigenvalue weighted by Crippen LogP contribution is 2.20. The lowest BCUT2D eigenvalue weighted by Crippen LogP contribution is -1.87. The average molecular weight is 132 g/mol. The highest BCUT2D eigenvalue weighted by Gasteiger charge is 2.05. The SMILES string of the molecule is Nc1ccc2c(c1)[N]N=C2. The fraction of sp³-hybridized carbons (Fsp3) is 0. The van der Waals surface area contributed by atoms with Crippen molar-refractivity contribution in [3.8, 4) is 0 Å². The van der Waals surface area contributed by atoms with E-state index in [9.17, 15) is 0 Å². The molecule has 2 N–H and O–H groups in total. The number of nitrogens with two attached hydrogens (primary N) is 1. The van der Waals surface area contributed by atoms with Crippen molar-refractivity contribution in [2.75, 3.05) is 5.73 Å². The number of hydrogen-bond acceptors (Lipinski definition) is 2. The molecule has 0 saturated carbocycles. The Kier molecular flexibility index (Phi) is 0.917. The molecule has 0 unspecified atom stereocenters. The Morgan fingerprint density at radius 3 is 3.10 bits per heavy atom. The third-order valence-corrected chi connectivity index (χ3v) is 1.42. The standard InChI is InChI=1S/C7H6N3/c8-6-2-1-5-4-9-10-7(5)3-6/h1-4H,8H2. The second-order valence-corrected chi connectivity index (χ2v) is 2.16. The summed E-state index contributed by atoms with van der Waals surface area (Å²) >= 11 is 0. The molecule has 49 valence electrons. The molecule has 0 aromatic heterocycles. The lowest BCUT2D eigenvalue weighted by atomic mass is 10.2. The van der Waals surface area contributed by atoms with Crippen LogP contribution < -0.4 is 11.2 Å². The van der Waals surface area contributed by atoms with E-state index < -0.39 is 0 Å². The van der Waals surface area contributed by atoms with E-state index in [0.29, 0.717) is 0 Å². The molecule has 1 aliphatic rings. The maximum absolute atomic E-state index is 5.52. The van der Waals surface area contributed by atoms with E-state index in [1.54, 1.807) is 6.21 Å². The molecule has 0 bridgehead atoms. The number of nitrogens with zero attached hydrogens (tertiary/aromatic N) is 2. The smallest absolute Gasteiger partial charge is 0.0965 e. The molecule has 1 radical (unpaired) electrons. The number of fused-ring (bicyclic) bond motifs is 1. The molecule has 0 aliphatic carbocycles. The highest BCUT2D eigenvalue weighted by atomic mass is 15.3. The minimum atomic E-state index is 0.730. The molecular formula is C7H6N3. The first-order valence-electron chi connectivity index (χ1n) is 3.00. The number of hydrogen-bond donors (Lipinski definition) is 1. The van der Waals surface area contributed by atoms with Gasteiger partial charge in [0.2, 0.25) is 0 Å². The minimum absolute atomic E-state index is 0.730. The predicted molar refractivity (Wildman–Crippen MR) is 40.2 cm³/mol. The average Bonchev–Trinajstić information content (AvgIpc) is 2.33. The maximum Gasteiger partial charge on any atom is 0.0965 e. The van der Waals surface area contributed by atoms with Crippen molar-refractivity contribution in [2.24, 2.45) is 5.10 Å². The molecule has 1 aromatic rings.